The summed E-state index contributed by atoms with van der Waals surface area (Å²) in [5.41, 5.74) is 0.575. The van der Waals surface area contributed by atoms with Gasteiger partial charge in [0.05, 0.1) is 16.1 Å². The fraction of sp³-hybridized carbons (Fsp3) is 0. The second-order valence-electron chi connectivity index (χ2n) is 2.19. The first kappa shape index (κ1) is 6.85. The van der Waals surface area contributed by atoms with Gasteiger partial charge in [0.15, 0.2) is 0 Å². The summed E-state index contributed by atoms with van der Waals surface area (Å²) >= 11 is 3.08. The summed E-state index contributed by atoms with van der Waals surface area (Å²) in [4.78, 5) is 0. The SMILES string of the molecule is Fc1c(Br)ccc2occc12. The molecule has 0 fully saturated rings. The first-order valence-electron chi connectivity index (χ1n) is 3.10. The second kappa shape index (κ2) is 2.34. The maximum Gasteiger partial charge on any atom is 0.148 e. The van der Waals surface area contributed by atoms with Crippen LogP contribution in [0.5, 0.6) is 0 Å². The number of hydrogen-bond acceptors (Lipinski definition) is 1. The number of benzene rings is 1. The van der Waals surface area contributed by atoms with Crippen LogP contribution in [0.4, 0.5) is 4.39 Å². The molecule has 0 aliphatic rings. The van der Waals surface area contributed by atoms with Crippen molar-refractivity contribution >= 4 is 26.9 Å². The minimum absolute atomic E-state index is 0.267. The Morgan fingerprint density at radius 3 is 2.91 bits per heavy atom. The molecule has 56 valence electrons. The third-order valence-electron chi connectivity index (χ3n) is 1.52. The molecule has 2 aromatic rings. The summed E-state index contributed by atoms with van der Waals surface area (Å²) in [6.07, 6.45) is 1.47. The first-order chi connectivity index (χ1) is 5.29. The zero-order chi connectivity index (χ0) is 7.84. The molecule has 0 spiro atoms. The van der Waals surface area contributed by atoms with Crippen molar-refractivity contribution in [1.82, 2.24) is 0 Å². The van der Waals surface area contributed by atoms with Crippen molar-refractivity contribution in [3.05, 3.63) is 34.8 Å². The highest BCUT2D eigenvalue weighted by molar-refractivity contribution is 9.10. The molecule has 0 N–H and O–H groups in total. The number of rotatable bonds is 0. The van der Waals surface area contributed by atoms with Crippen LogP contribution in [0.1, 0.15) is 0 Å². The van der Waals surface area contributed by atoms with E-state index in [1.807, 2.05) is 0 Å². The topological polar surface area (TPSA) is 13.1 Å². The predicted molar refractivity (Wildman–Crippen MR) is 43.9 cm³/mol. The number of fused-ring (bicyclic) bond motifs is 1. The maximum atomic E-state index is 13.1. The molecule has 11 heavy (non-hydrogen) atoms. The van der Waals surface area contributed by atoms with E-state index >= 15 is 0 Å². The van der Waals surface area contributed by atoms with E-state index in [2.05, 4.69) is 15.9 Å². The molecule has 0 unspecified atom stereocenters. The smallest absolute Gasteiger partial charge is 0.148 e. The van der Waals surface area contributed by atoms with Crippen LogP contribution in [-0.4, -0.2) is 0 Å². The number of furan rings is 1. The lowest BCUT2D eigenvalue weighted by Gasteiger charge is -1.92. The van der Waals surface area contributed by atoms with Gasteiger partial charge in [-0.25, -0.2) is 4.39 Å². The van der Waals surface area contributed by atoms with Gasteiger partial charge < -0.3 is 4.42 Å². The van der Waals surface area contributed by atoms with Crippen LogP contribution in [-0.2, 0) is 0 Å². The van der Waals surface area contributed by atoms with E-state index in [-0.39, 0.29) is 5.82 Å². The lowest BCUT2D eigenvalue weighted by atomic mass is 10.2. The molecule has 2 rings (SSSR count). The summed E-state index contributed by atoms with van der Waals surface area (Å²) < 4.78 is 18.6. The monoisotopic (exact) mass is 214 g/mol. The average molecular weight is 215 g/mol. The Bertz CT molecular complexity index is 394. The average Bonchev–Trinajstić information content (AvgIpc) is 2.45. The molecule has 0 radical (unpaired) electrons. The van der Waals surface area contributed by atoms with Gasteiger partial charge in [-0.15, -0.1) is 0 Å². The molecule has 0 saturated carbocycles. The second-order valence-corrected chi connectivity index (χ2v) is 3.05. The van der Waals surface area contributed by atoms with E-state index in [0.717, 1.165) is 0 Å². The summed E-state index contributed by atoms with van der Waals surface area (Å²) in [6.45, 7) is 0. The summed E-state index contributed by atoms with van der Waals surface area (Å²) in [5.74, 6) is -0.267. The van der Waals surface area contributed by atoms with Crippen LogP contribution in [0.2, 0.25) is 0 Å². The highest BCUT2D eigenvalue weighted by atomic mass is 79.9. The van der Waals surface area contributed by atoms with Crippen LogP contribution in [0.25, 0.3) is 11.0 Å². The zero-order valence-electron chi connectivity index (χ0n) is 5.47. The van der Waals surface area contributed by atoms with Gasteiger partial charge in [0.2, 0.25) is 0 Å². The zero-order valence-corrected chi connectivity index (χ0v) is 7.06. The van der Waals surface area contributed by atoms with Crippen molar-refractivity contribution in [3.63, 3.8) is 0 Å². The molecule has 0 bridgehead atoms. The van der Waals surface area contributed by atoms with Gasteiger partial charge in [0.25, 0.3) is 0 Å². The lowest BCUT2D eigenvalue weighted by molar-refractivity contribution is 0.609. The molecule has 0 aliphatic carbocycles. The molecular formula is C8H4BrFO. The fourth-order valence-corrected chi connectivity index (χ4v) is 1.33. The highest BCUT2D eigenvalue weighted by Gasteiger charge is 2.05. The van der Waals surface area contributed by atoms with E-state index in [1.165, 1.54) is 6.26 Å². The number of hydrogen-bond donors (Lipinski definition) is 0. The summed E-state index contributed by atoms with van der Waals surface area (Å²) in [5, 5.41) is 0.513. The van der Waals surface area contributed by atoms with Crippen LogP contribution >= 0.6 is 15.9 Å². The van der Waals surface area contributed by atoms with Crippen molar-refractivity contribution in [2.75, 3.05) is 0 Å². The van der Waals surface area contributed by atoms with Gasteiger partial charge in [-0.2, -0.15) is 0 Å². The quantitative estimate of drug-likeness (QED) is 0.656. The molecule has 0 amide bonds. The van der Waals surface area contributed by atoms with E-state index in [1.54, 1.807) is 18.2 Å². The van der Waals surface area contributed by atoms with E-state index in [4.69, 9.17) is 4.42 Å². The molecule has 3 heteroatoms. The Kier molecular flexibility index (Phi) is 1.46. The minimum Gasteiger partial charge on any atom is -0.464 e. The molecule has 0 aliphatic heterocycles. The van der Waals surface area contributed by atoms with E-state index < -0.39 is 0 Å². The first-order valence-corrected chi connectivity index (χ1v) is 3.89. The molecule has 0 saturated heterocycles. The van der Waals surface area contributed by atoms with E-state index in [9.17, 15) is 4.39 Å². The largest absolute Gasteiger partial charge is 0.464 e. The molecule has 1 heterocycles. The van der Waals surface area contributed by atoms with Gasteiger partial charge in [0, 0.05) is 0 Å². The maximum absolute atomic E-state index is 13.1. The van der Waals surface area contributed by atoms with Gasteiger partial charge in [-0.1, -0.05) is 0 Å². The highest BCUT2D eigenvalue weighted by Crippen LogP contribution is 2.25. The van der Waals surface area contributed by atoms with E-state index in [0.29, 0.717) is 15.4 Å². The normalized spacial score (nSPS) is 10.7. The molecular weight excluding hydrogens is 211 g/mol. The van der Waals surface area contributed by atoms with Crippen LogP contribution in [0, 0.1) is 5.82 Å². The Hall–Kier alpha value is -0.830. The summed E-state index contributed by atoms with van der Waals surface area (Å²) in [7, 11) is 0. The Morgan fingerprint density at radius 2 is 2.09 bits per heavy atom. The van der Waals surface area contributed by atoms with Gasteiger partial charge in [-0.05, 0) is 34.1 Å². The lowest BCUT2D eigenvalue weighted by Crippen LogP contribution is -1.75. The van der Waals surface area contributed by atoms with Gasteiger partial charge >= 0.3 is 0 Å². The molecule has 0 atom stereocenters. The predicted octanol–water partition coefficient (Wildman–Crippen LogP) is 3.33. The van der Waals surface area contributed by atoms with Gasteiger partial charge in [0.1, 0.15) is 11.4 Å². The van der Waals surface area contributed by atoms with Crippen molar-refractivity contribution in [3.8, 4) is 0 Å². The van der Waals surface area contributed by atoms with Crippen molar-refractivity contribution < 1.29 is 8.81 Å². The third kappa shape index (κ3) is 0.959. The van der Waals surface area contributed by atoms with Crippen LogP contribution in [0.15, 0.2) is 33.4 Å². The van der Waals surface area contributed by atoms with Crippen LogP contribution < -0.4 is 0 Å². The van der Waals surface area contributed by atoms with Crippen molar-refractivity contribution in [1.29, 1.82) is 0 Å². The molecule has 1 aromatic carbocycles. The van der Waals surface area contributed by atoms with Crippen molar-refractivity contribution in [2.24, 2.45) is 0 Å². The molecule has 1 nitrogen and oxygen atoms in total. The Labute approximate surface area is 70.9 Å². The van der Waals surface area contributed by atoms with Gasteiger partial charge in [-0.3, -0.25) is 0 Å². The standard InChI is InChI=1S/C8H4BrFO/c9-6-1-2-7-5(8(6)10)3-4-11-7/h1-4H. The Balaban J connectivity index is 2.93. The third-order valence-corrected chi connectivity index (χ3v) is 2.13. The van der Waals surface area contributed by atoms with Crippen LogP contribution in [0.3, 0.4) is 0 Å². The Morgan fingerprint density at radius 1 is 1.27 bits per heavy atom. The number of halogens is 2. The van der Waals surface area contributed by atoms with Crippen molar-refractivity contribution in [2.45, 2.75) is 0 Å². The molecule has 1 aromatic heterocycles. The fourth-order valence-electron chi connectivity index (χ4n) is 0.982. The summed E-state index contributed by atoms with van der Waals surface area (Å²) in [6, 6.07) is 4.96. The minimum atomic E-state index is -0.267.